The van der Waals surface area contributed by atoms with Crippen molar-refractivity contribution in [2.45, 2.75) is 19.8 Å². The number of hydrogen-bond acceptors (Lipinski definition) is 2. The van der Waals surface area contributed by atoms with Crippen LogP contribution in [-0.4, -0.2) is 16.9 Å². The van der Waals surface area contributed by atoms with Gasteiger partial charge in [0.25, 0.3) is 0 Å². The molecule has 0 radical (unpaired) electrons. The minimum absolute atomic E-state index is 0.0465. The van der Waals surface area contributed by atoms with Gasteiger partial charge in [-0.05, 0) is 18.6 Å². The molecular formula is C11H11BrO3. The van der Waals surface area contributed by atoms with Crippen LogP contribution in [0.15, 0.2) is 22.7 Å². The Balaban J connectivity index is 2.74. The van der Waals surface area contributed by atoms with Crippen LogP contribution in [-0.2, 0) is 4.79 Å². The standard InChI is InChI=1S/C11H11BrO3/c1-7-2-3-8(6-9(7)12)10(13)4-5-11(14)15/h2-3,6H,4-5H2,1H3,(H,14,15). The van der Waals surface area contributed by atoms with Crippen LogP contribution in [0.5, 0.6) is 0 Å². The highest BCUT2D eigenvalue weighted by Crippen LogP contribution is 2.18. The first-order chi connectivity index (χ1) is 7.00. The third-order valence-electron chi connectivity index (χ3n) is 2.06. The van der Waals surface area contributed by atoms with E-state index in [0.29, 0.717) is 5.56 Å². The quantitative estimate of drug-likeness (QED) is 0.856. The molecule has 0 atom stereocenters. The van der Waals surface area contributed by atoms with Crippen LogP contribution < -0.4 is 0 Å². The second kappa shape index (κ2) is 5.07. The maximum Gasteiger partial charge on any atom is 0.303 e. The Labute approximate surface area is 96.2 Å². The van der Waals surface area contributed by atoms with Gasteiger partial charge in [-0.2, -0.15) is 0 Å². The monoisotopic (exact) mass is 270 g/mol. The molecule has 1 N–H and O–H groups in total. The third kappa shape index (κ3) is 3.47. The minimum Gasteiger partial charge on any atom is -0.481 e. The molecule has 0 unspecified atom stereocenters. The molecule has 0 saturated heterocycles. The number of aryl methyl sites for hydroxylation is 1. The zero-order valence-corrected chi connectivity index (χ0v) is 9.87. The van der Waals surface area contributed by atoms with Gasteiger partial charge in [-0.1, -0.05) is 28.1 Å². The molecule has 0 spiro atoms. The SMILES string of the molecule is Cc1ccc(C(=O)CCC(=O)O)cc1Br. The van der Waals surface area contributed by atoms with Gasteiger partial charge in [0.1, 0.15) is 0 Å². The molecule has 0 aliphatic carbocycles. The summed E-state index contributed by atoms with van der Waals surface area (Å²) in [6.45, 7) is 1.93. The summed E-state index contributed by atoms with van der Waals surface area (Å²) < 4.78 is 0.865. The maximum absolute atomic E-state index is 11.5. The molecule has 0 aliphatic rings. The number of hydrogen-bond donors (Lipinski definition) is 1. The van der Waals surface area contributed by atoms with E-state index in [-0.39, 0.29) is 18.6 Å². The van der Waals surface area contributed by atoms with Crippen molar-refractivity contribution in [3.8, 4) is 0 Å². The van der Waals surface area contributed by atoms with Crippen LogP contribution in [0.4, 0.5) is 0 Å². The molecule has 1 rings (SSSR count). The lowest BCUT2D eigenvalue weighted by atomic mass is 10.1. The summed E-state index contributed by atoms with van der Waals surface area (Å²) in [5, 5.41) is 8.45. The van der Waals surface area contributed by atoms with Crippen LogP contribution in [0.25, 0.3) is 0 Å². The summed E-state index contributed by atoms with van der Waals surface area (Å²) in [7, 11) is 0. The largest absolute Gasteiger partial charge is 0.481 e. The molecule has 0 aliphatic heterocycles. The molecule has 1 aromatic rings. The Bertz CT molecular complexity index is 399. The molecule has 0 fully saturated rings. The van der Waals surface area contributed by atoms with Crippen LogP contribution in [0.3, 0.4) is 0 Å². The zero-order valence-electron chi connectivity index (χ0n) is 8.29. The van der Waals surface area contributed by atoms with Gasteiger partial charge in [-0.25, -0.2) is 0 Å². The van der Waals surface area contributed by atoms with Crippen molar-refractivity contribution in [1.29, 1.82) is 0 Å². The van der Waals surface area contributed by atoms with E-state index in [2.05, 4.69) is 15.9 Å². The van der Waals surface area contributed by atoms with E-state index in [1.54, 1.807) is 12.1 Å². The maximum atomic E-state index is 11.5. The van der Waals surface area contributed by atoms with Crippen molar-refractivity contribution in [3.05, 3.63) is 33.8 Å². The Morgan fingerprint density at radius 1 is 1.33 bits per heavy atom. The summed E-state index contributed by atoms with van der Waals surface area (Å²) >= 11 is 3.33. The van der Waals surface area contributed by atoms with Crippen molar-refractivity contribution in [3.63, 3.8) is 0 Å². The Morgan fingerprint density at radius 3 is 2.53 bits per heavy atom. The molecule has 0 bridgehead atoms. The molecule has 0 aromatic heterocycles. The number of halogens is 1. The van der Waals surface area contributed by atoms with Crippen LogP contribution in [0.2, 0.25) is 0 Å². The Morgan fingerprint density at radius 2 is 2.00 bits per heavy atom. The second-order valence-electron chi connectivity index (χ2n) is 3.28. The minimum atomic E-state index is -0.950. The average Bonchev–Trinajstić information content (AvgIpc) is 2.18. The van der Waals surface area contributed by atoms with Gasteiger partial charge in [0, 0.05) is 16.5 Å². The highest BCUT2D eigenvalue weighted by molar-refractivity contribution is 9.10. The zero-order chi connectivity index (χ0) is 11.4. The summed E-state index contributed by atoms with van der Waals surface area (Å²) in [6.07, 6.45) is -0.0742. The molecule has 80 valence electrons. The van der Waals surface area contributed by atoms with Crippen LogP contribution >= 0.6 is 15.9 Å². The number of benzene rings is 1. The van der Waals surface area contributed by atoms with Gasteiger partial charge in [0.2, 0.25) is 0 Å². The number of carboxylic acid groups (broad SMARTS) is 1. The lowest BCUT2D eigenvalue weighted by molar-refractivity contribution is -0.136. The van der Waals surface area contributed by atoms with Crippen molar-refractivity contribution < 1.29 is 14.7 Å². The van der Waals surface area contributed by atoms with E-state index >= 15 is 0 Å². The topological polar surface area (TPSA) is 54.4 Å². The molecule has 15 heavy (non-hydrogen) atoms. The molecule has 4 heteroatoms. The fourth-order valence-corrected chi connectivity index (χ4v) is 1.51. The molecular weight excluding hydrogens is 260 g/mol. The van der Waals surface area contributed by atoms with Gasteiger partial charge in [-0.3, -0.25) is 9.59 Å². The van der Waals surface area contributed by atoms with E-state index in [0.717, 1.165) is 10.0 Å². The van der Waals surface area contributed by atoms with E-state index in [1.165, 1.54) is 0 Å². The molecule has 3 nitrogen and oxygen atoms in total. The van der Waals surface area contributed by atoms with E-state index in [9.17, 15) is 9.59 Å². The molecule has 1 aromatic carbocycles. The molecule has 0 amide bonds. The summed E-state index contributed by atoms with van der Waals surface area (Å²) in [5.41, 5.74) is 1.60. The predicted octanol–water partition coefficient (Wildman–Crippen LogP) is 2.81. The van der Waals surface area contributed by atoms with Crippen molar-refractivity contribution in [1.82, 2.24) is 0 Å². The Kier molecular flexibility index (Phi) is 4.03. The number of ketones is 1. The number of Topliss-reactive ketones (excluding diaryl/α,β-unsaturated/α-hetero) is 1. The van der Waals surface area contributed by atoms with E-state index < -0.39 is 5.97 Å². The Hall–Kier alpha value is -1.16. The van der Waals surface area contributed by atoms with Crippen molar-refractivity contribution in [2.75, 3.05) is 0 Å². The number of carboxylic acids is 1. The van der Waals surface area contributed by atoms with Gasteiger partial charge in [-0.15, -0.1) is 0 Å². The number of aliphatic carboxylic acids is 1. The van der Waals surface area contributed by atoms with E-state index in [4.69, 9.17) is 5.11 Å². The van der Waals surface area contributed by atoms with Gasteiger partial charge in [0.15, 0.2) is 5.78 Å². The first kappa shape index (κ1) is 11.9. The summed E-state index contributed by atoms with van der Waals surface area (Å²) in [5.74, 6) is -1.09. The van der Waals surface area contributed by atoms with Crippen molar-refractivity contribution >= 4 is 27.7 Å². The van der Waals surface area contributed by atoms with Gasteiger partial charge >= 0.3 is 5.97 Å². The van der Waals surface area contributed by atoms with Crippen molar-refractivity contribution in [2.24, 2.45) is 0 Å². The first-order valence-electron chi connectivity index (χ1n) is 4.52. The number of carbonyl (C=O) groups excluding carboxylic acids is 1. The summed E-state index contributed by atoms with van der Waals surface area (Å²) in [6, 6.07) is 5.27. The average molecular weight is 271 g/mol. The number of rotatable bonds is 4. The second-order valence-corrected chi connectivity index (χ2v) is 4.14. The summed E-state index contributed by atoms with van der Waals surface area (Å²) in [4.78, 5) is 21.8. The van der Waals surface area contributed by atoms with Crippen LogP contribution in [0, 0.1) is 6.92 Å². The van der Waals surface area contributed by atoms with Crippen LogP contribution in [0.1, 0.15) is 28.8 Å². The smallest absolute Gasteiger partial charge is 0.303 e. The lowest BCUT2D eigenvalue weighted by Gasteiger charge is -2.02. The van der Waals surface area contributed by atoms with E-state index in [1.807, 2.05) is 13.0 Å². The fraction of sp³-hybridized carbons (Fsp3) is 0.273. The molecule has 0 heterocycles. The van der Waals surface area contributed by atoms with Gasteiger partial charge in [0.05, 0.1) is 6.42 Å². The highest BCUT2D eigenvalue weighted by Gasteiger charge is 2.09. The lowest BCUT2D eigenvalue weighted by Crippen LogP contribution is -2.03. The highest BCUT2D eigenvalue weighted by atomic mass is 79.9. The normalized spacial score (nSPS) is 10.0. The fourth-order valence-electron chi connectivity index (χ4n) is 1.13. The first-order valence-corrected chi connectivity index (χ1v) is 5.31. The predicted molar refractivity (Wildman–Crippen MR) is 60.1 cm³/mol. The third-order valence-corrected chi connectivity index (χ3v) is 2.91. The van der Waals surface area contributed by atoms with Gasteiger partial charge < -0.3 is 5.11 Å². The molecule has 0 saturated carbocycles. The number of carbonyl (C=O) groups is 2.